The van der Waals surface area contributed by atoms with E-state index < -0.39 is 8.07 Å². The van der Waals surface area contributed by atoms with Crippen LogP contribution in [0.4, 0.5) is 0 Å². The third-order valence-corrected chi connectivity index (χ3v) is 5.30. The lowest BCUT2D eigenvalue weighted by atomic mass is 9.87. The van der Waals surface area contributed by atoms with Gasteiger partial charge in [-0.05, 0) is 19.3 Å². The Hall–Kier alpha value is -0.443. The van der Waals surface area contributed by atoms with Crippen LogP contribution in [0.15, 0.2) is 0 Å². The number of nitrogens with zero attached hydrogens (tertiary/aromatic N) is 1. The van der Waals surface area contributed by atoms with Crippen molar-refractivity contribution >= 4 is 14.0 Å². The fraction of sp³-hybridized carbons (Fsp3) is 0.846. The van der Waals surface area contributed by atoms with Crippen LogP contribution in [0.2, 0.25) is 25.7 Å². The van der Waals surface area contributed by atoms with E-state index in [1.165, 1.54) is 18.9 Å². The van der Waals surface area contributed by atoms with Crippen LogP contribution in [0.1, 0.15) is 25.7 Å². The number of piperidine rings is 1. The van der Waals surface area contributed by atoms with Gasteiger partial charge in [0.1, 0.15) is 5.92 Å². The molecule has 2 aliphatic rings. The van der Waals surface area contributed by atoms with E-state index in [2.05, 4.69) is 31.0 Å². The van der Waals surface area contributed by atoms with Gasteiger partial charge in [0, 0.05) is 13.0 Å². The summed E-state index contributed by atoms with van der Waals surface area (Å²) in [6.07, 6.45) is 6.95. The first-order valence-electron chi connectivity index (χ1n) is 6.60. The number of hydrogen-bond acceptors (Lipinski definition) is 1. The summed E-state index contributed by atoms with van der Waals surface area (Å²) >= 11 is 0. The first kappa shape index (κ1) is 12.0. The van der Waals surface area contributed by atoms with Crippen molar-refractivity contribution in [1.29, 1.82) is 0 Å². The van der Waals surface area contributed by atoms with Crippen LogP contribution in [0.25, 0.3) is 0 Å². The molecule has 2 rings (SSSR count). The first-order chi connectivity index (χ1) is 7.47. The van der Waals surface area contributed by atoms with Crippen molar-refractivity contribution in [2.45, 2.75) is 57.4 Å². The van der Waals surface area contributed by atoms with Crippen LogP contribution in [-0.4, -0.2) is 31.5 Å². The van der Waals surface area contributed by atoms with Crippen LogP contribution >= 0.6 is 0 Å². The van der Waals surface area contributed by atoms with E-state index >= 15 is 0 Å². The second-order valence-corrected chi connectivity index (χ2v) is 12.0. The van der Waals surface area contributed by atoms with E-state index in [1.807, 2.05) is 0 Å². The molecule has 2 aliphatic heterocycles. The Morgan fingerprint density at radius 2 is 2.12 bits per heavy atom. The van der Waals surface area contributed by atoms with Crippen molar-refractivity contribution in [3.8, 4) is 0 Å². The summed E-state index contributed by atoms with van der Waals surface area (Å²) in [5.74, 6) is 1.09. The van der Waals surface area contributed by atoms with Crippen molar-refractivity contribution in [1.82, 2.24) is 4.90 Å². The zero-order chi connectivity index (χ0) is 11.8. The quantitative estimate of drug-likeness (QED) is 0.547. The molecule has 1 amide bonds. The molecule has 3 heteroatoms. The fourth-order valence-corrected chi connectivity index (χ4v) is 3.97. The Balaban J connectivity index is 1.92. The molecule has 0 N–H and O–H groups in total. The van der Waals surface area contributed by atoms with Gasteiger partial charge in [0.05, 0.1) is 26.6 Å². The molecular weight excluding hydrogens is 214 g/mol. The van der Waals surface area contributed by atoms with Crippen molar-refractivity contribution in [3.63, 3.8) is 0 Å². The Bertz CT molecular complexity index is 272. The predicted octanol–water partition coefficient (Wildman–Crippen LogP) is 2.93. The lowest BCUT2D eigenvalue weighted by Gasteiger charge is -2.33. The number of carbonyl (C=O) groups excluding carboxylic acids is 1. The summed E-state index contributed by atoms with van der Waals surface area (Å²) in [6.45, 7) is 8.28. The Kier molecular flexibility index (Phi) is 3.33. The van der Waals surface area contributed by atoms with Gasteiger partial charge >= 0.3 is 0 Å². The number of rotatable bonds is 3. The van der Waals surface area contributed by atoms with Crippen LogP contribution in [0.5, 0.6) is 0 Å². The second-order valence-electron chi connectivity index (χ2n) is 6.50. The zero-order valence-corrected chi connectivity index (χ0v) is 11.8. The summed E-state index contributed by atoms with van der Waals surface area (Å²) in [6, 6.07) is 1.86. The van der Waals surface area contributed by atoms with Gasteiger partial charge in [-0.3, -0.25) is 4.79 Å². The SMILES string of the molecule is C[Si](C)(C)C[CH+][C@H]1CCCN2C(=O)CC[C@H]12. The van der Waals surface area contributed by atoms with E-state index in [0.717, 1.165) is 19.4 Å². The van der Waals surface area contributed by atoms with Gasteiger partial charge in [-0.15, -0.1) is 0 Å². The third kappa shape index (κ3) is 2.62. The first-order valence-corrected chi connectivity index (χ1v) is 10.3. The molecule has 0 aromatic heterocycles. The molecule has 0 saturated carbocycles. The van der Waals surface area contributed by atoms with Crippen molar-refractivity contribution in [2.75, 3.05) is 6.54 Å². The number of hydrogen-bond donors (Lipinski definition) is 0. The molecule has 0 aromatic rings. The molecule has 90 valence electrons. The molecule has 2 saturated heterocycles. The maximum absolute atomic E-state index is 11.7. The van der Waals surface area contributed by atoms with E-state index in [0.29, 0.717) is 17.9 Å². The number of amides is 1. The van der Waals surface area contributed by atoms with Gasteiger partial charge in [-0.25, -0.2) is 0 Å². The Morgan fingerprint density at radius 3 is 2.81 bits per heavy atom. The minimum Gasteiger partial charge on any atom is -0.335 e. The van der Waals surface area contributed by atoms with Gasteiger partial charge in [-0.1, -0.05) is 19.6 Å². The molecule has 2 nitrogen and oxygen atoms in total. The standard InChI is InChI=1S/C13H24NOSi/c1-16(2,3)10-8-11-5-4-9-14-12(11)6-7-13(14)15/h8,11-12H,4-7,9-10H2,1-3H3/q+1/t11-,12-/m1/s1. The summed E-state index contributed by atoms with van der Waals surface area (Å²) in [4.78, 5) is 13.8. The predicted molar refractivity (Wildman–Crippen MR) is 69.9 cm³/mol. The van der Waals surface area contributed by atoms with Crippen LogP contribution in [0.3, 0.4) is 0 Å². The van der Waals surface area contributed by atoms with E-state index in [1.54, 1.807) is 0 Å². The topological polar surface area (TPSA) is 20.3 Å². The number of fused-ring (bicyclic) bond motifs is 1. The normalized spacial score (nSPS) is 30.4. The molecule has 0 unspecified atom stereocenters. The van der Waals surface area contributed by atoms with Crippen LogP contribution in [0, 0.1) is 12.3 Å². The highest BCUT2D eigenvalue weighted by molar-refractivity contribution is 6.76. The smallest absolute Gasteiger partial charge is 0.223 e. The van der Waals surface area contributed by atoms with Crippen LogP contribution < -0.4 is 0 Å². The highest BCUT2D eigenvalue weighted by atomic mass is 28.3. The molecule has 0 bridgehead atoms. The Labute approximate surface area is 100 Å². The molecule has 0 radical (unpaired) electrons. The van der Waals surface area contributed by atoms with Crippen molar-refractivity contribution in [3.05, 3.63) is 6.42 Å². The highest BCUT2D eigenvalue weighted by Gasteiger charge is 2.43. The van der Waals surface area contributed by atoms with E-state index in [4.69, 9.17) is 0 Å². The Morgan fingerprint density at radius 1 is 1.38 bits per heavy atom. The molecule has 2 fully saturated rings. The maximum Gasteiger partial charge on any atom is 0.223 e. The van der Waals surface area contributed by atoms with Gasteiger partial charge in [0.15, 0.2) is 0 Å². The summed E-state index contributed by atoms with van der Waals surface area (Å²) < 4.78 is 0. The van der Waals surface area contributed by atoms with Crippen molar-refractivity contribution < 1.29 is 4.79 Å². The largest absolute Gasteiger partial charge is 0.335 e. The summed E-state index contributed by atoms with van der Waals surface area (Å²) in [5.41, 5.74) is 0. The summed E-state index contributed by atoms with van der Waals surface area (Å²) in [7, 11) is -0.961. The minimum absolute atomic E-state index is 0.399. The highest BCUT2D eigenvalue weighted by Crippen LogP contribution is 2.35. The van der Waals surface area contributed by atoms with E-state index in [9.17, 15) is 4.79 Å². The monoisotopic (exact) mass is 238 g/mol. The average Bonchev–Trinajstić information content (AvgIpc) is 2.57. The molecular formula is C13H24NOSi+. The lowest BCUT2D eigenvalue weighted by Crippen LogP contribution is -2.43. The van der Waals surface area contributed by atoms with Gasteiger partial charge < -0.3 is 4.90 Å². The lowest BCUT2D eigenvalue weighted by molar-refractivity contribution is -0.130. The van der Waals surface area contributed by atoms with Gasteiger partial charge in [0.25, 0.3) is 0 Å². The second kappa shape index (κ2) is 4.44. The van der Waals surface area contributed by atoms with Gasteiger partial charge in [0.2, 0.25) is 5.91 Å². The molecule has 2 atom stereocenters. The maximum atomic E-state index is 11.7. The molecule has 16 heavy (non-hydrogen) atoms. The summed E-state index contributed by atoms with van der Waals surface area (Å²) in [5, 5.41) is 0. The molecule has 0 aromatic carbocycles. The minimum atomic E-state index is -0.961. The van der Waals surface area contributed by atoms with Crippen molar-refractivity contribution in [2.24, 2.45) is 5.92 Å². The van der Waals surface area contributed by atoms with E-state index in [-0.39, 0.29) is 0 Å². The fourth-order valence-electron chi connectivity index (χ4n) is 2.96. The average molecular weight is 238 g/mol. The number of carbonyl (C=O) groups is 1. The molecule has 2 heterocycles. The third-order valence-electron chi connectivity index (χ3n) is 3.84. The zero-order valence-electron chi connectivity index (χ0n) is 10.8. The van der Waals surface area contributed by atoms with Crippen LogP contribution in [-0.2, 0) is 4.79 Å². The molecule has 0 aliphatic carbocycles. The molecule has 0 spiro atoms. The van der Waals surface area contributed by atoms with Gasteiger partial charge in [-0.2, -0.15) is 0 Å².